The fraction of sp³-hybridized carbons (Fsp3) is 0.409. The number of aromatic nitrogens is 1. The summed E-state index contributed by atoms with van der Waals surface area (Å²) in [5, 5.41) is 13.6. The van der Waals surface area contributed by atoms with Crippen LogP contribution in [0.5, 0.6) is 0 Å². The van der Waals surface area contributed by atoms with Gasteiger partial charge in [0, 0.05) is 36.5 Å². The third-order valence-electron chi connectivity index (χ3n) is 5.41. The van der Waals surface area contributed by atoms with Crippen molar-refractivity contribution in [3.63, 3.8) is 0 Å². The Morgan fingerprint density at radius 1 is 1.16 bits per heavy atom. The largest absolute Gasteiger partial charge is 0.338 e. The summed E-state index contributed by atoms with van der Waals surface area (Å²) < 4.78 is 0.980. The second-order valence-electron chi connectivity index (χ2n) is 8.34. The van der Waals surface area contributed by atoms with Gasteiger partial charge < -0.3 is 10.2 Å². The first-order valence-electron chi connectivity index (χ1n) is 10.2. The van der Waals surface area contributed by atoms with Crippen molar-refractivity contribution in [2.75, 3.05) is 18.4 Å². The van der Waals surface area contributed by atoms with Crippen molar-refractivity contribution >= 4 is 23.2 Å². The molecule has 0 bridgehead atoms. The third kappa shape index (κ3) is 5.36. The molecule has 0 aliphatic carbocycles. The Bertz CT molecular complexity index is 1070. The van der Waals surface area contributed by atoms with E-state index >= 15 is 0 Å². The Balaban J connectivity index is 1.76. The summed E-state index contributed by atoms with van der Waals surface area (Å²) in [7, 11) is 0. The van der Waals surface area contributed by atoms with Gasteiger partial charge in [-0.2, -0.15) is 0 Å². The summed E-state index contributed by atoms with van der Waals surface area (Å²) in [6, 6.07) is 7.28. The minimum absolute atomic E-state index is 0.0798. The number of aryl methyl sites for hydroxylation is 1. The lowest BCUT2D eigenvalue weighted by atomic mass is 9.91. The van der Waals surface area contributed by atoms with Crippen molar-refractivity contribution in [1.82, 2.24) is 9.47 Å². The summed E-state index contributed by atoms with van der Waals surface area (Å²) in [4.78, 5) is 49.5. The van der Waals surface area contributed by atoms with E-state index < -0.39 is 16.4 Å². The van der Waals surface area contributed by atoms with E-state index in [1.54, 1.807) is 25.1 Å². The molecule has 0 radical (unpaired) electrons. The standard InChI is InChI=1S/C22H26N4O5/c1-14-8-15(2)11-25(10-14)22(29)17-5-4-16(3)19(9-17)23-20(27)13-24-12-18(26(30)31)6-7-21(24)28/h4-7,9,12,14-15H,8,10-11,13H2,1-3H3,(H,23,27). The minimum atomic E-state index is -0.630. The van der Waals surface area contributed by atoms with Crippen LogP contribution in [0.4, 0.5) is 11.4 Å². The summed E-state index contributed by atoms with van der Waals surface area (Å²) in [5.41, 5.74) is 0.912. The van der Waals surface area contributed by atoms with Gasteiger partial charge in [0.2, 0.25) is 5.91 Å². The van der Waals surface area contributed by atoms with E-state index in [1.165, 1.54) is 0 Å². The van der Waals surface area contributed by atoms with Crippen LogP contribution in [-0.4, -0.2) is 39.3 Å². The predicted molar refractivity (Wildman–Crippen MR) is 116 cm³/mol. The zero-order valence-electron chi connectivity index (χ0n) is 17.8. The Kier molecular flexibility index (Phi) is 6.53. The smallest absolute Gasteiger partial charge is 0.285 e. The Labute approximate surface area is 179 Å². The quantitative estimate of drug-likeness (QED) is 0.583. The lowest BCUT2D eigenvalue weighted by molar-refractivity contribution is -0.385. The van der Waals surface area contributed by atoms with Crippen molar-refractivity contribution in [2.45, 2.75) is 33.7 Å². The molecule has 1 N–H and O–H groups in total. The molecule has 9 nitrogen and oxygen atoms in total. The maximum Gasteiger partial charge on any atom is 0.285 e. The molecule has 0 saturated carbocycles. The van der Waals surface area contributed by atoms with E-state index in [1.807, 2.05) is 4.90 Å². The number of amides is 2. The molecule has 9 heteroatoms. The zero-order chi connectivity index (χ0) is 22.7. The van der Waals surface area contributed by atoms with Crippen LogP contribution in [0.25, 0.3) is 0 Å². The van der Waals surface area contributed by atoms with Gasteiger partial charge >= 0.3 is 0 Å². The number of pyridine rings is 1. The molecule has 1 saturated heterocycles. The summed E-state index contributed by atoms with van der Waals surface area (Å²) in [6.45, 7) is 7.09. The molecule has 1 aliphatic rings. The van der Waals surface area contributed by atoms with Crippen LogP contribution >= 0.6 is 0 Å². The number of piperidine rings is 1. The number of carbonyl (C=O) groups is 2. The van der Waals surface area contributed by atoms with Gasteiger partial charge in [-0.25, -0.2) is 0 Å². The van der Waals surface area contributed by atoms with Crippen molar-refractivity contribution < 1.29 is 14.5 Å². The molecule has 2 heterocycles. The molecule has 31 heavy (non-hydrogen) atoms. The fourth-order valence-corrected chi connectivity index (χ4v) is 4.00. The lowest BCUT2D eigenvalue weighted by Crippen LogP contribution is -2.42. The van der Waals surface area contributed by atoms with E-state index in [0.29, 0.717) is 36.2 Å². The molecular weight excluding hydrogens is 400 g/mol. The molecule has 0 spiro atoms. The first-order chi connectivity index (χ1) is 14.6. The van der Waals surface area contributed by atoms with E-state index in [2.05, 4.69) is 19.2 Å². The second kappa shape index (κ2) is 9.11. The van der Waals surface area contributed by atoms with Gasteiger partial charge in [-0.1, -0.05) is 19.9 Å². The highest BCUT2D eigenvalue weighted by atomic mass is 16.6. The Hall–Kier alpha value is -3.49. The number of carbonyl (C=O) groups excluding carboxylic acids is 2. The van der Waals surface area contributed by atoms with Crippen LogP contribution < -0.4 is 10.9 Å². The monoisotopic (exact) mass is 426 g/mol. The van der Waals surface area contributed by atoms with Crippen LogP contribution in [0.3, 0.4) is 0 Å². The normalized spacial score (nSPS) is 18.5. The number of nitrogens with zero attached hydrogens (tertiary/aromatic N) is 3. The molecule has 2 aromatic rings. The number of anilines is 1. The summed E-state index contributed by atoms with van der Waals surface area (Å²) >= 11 is 0. The number of hydrogen-bond acceptors (Lipinski definition) is 5. The van der Waals surface area contributed by atoms with Crippen LogP contribution in [0.1, 0.15) is 36.2 Å². The molecule has 2 unspecified atom stereocenters. The molecule has 1 aliphatic heterocycles. The SMILES string of the molecule is Cc1ccc(C(=O)N2CC(C)CC(C)C2)cc1NC(=O)Cn1cc([N+](=O)[O-])ccc1=O. The van der Waals surface area contributed by atoms with Crippen LogP contribution in [0.2, 0.25) is 0 Å². The zero-order valence-corrected chi connectivity index (χ0v) is 17.8. The molecule has 1 aromatic heterocycles. The number of nitrogens with one attached hydrogen (secondary N) is 1. The highest BCUT2D eigenvalue weighted by Gasteiger charge is 2.26. The molecule has 3 rings (SSSR count). The highest BCUT2D eigenvalue weighted by molar-refractivity contribution is 5.97. The van der Waals surface area contributed by atoms with Crippen molar-refractivity contribution in [3.8, 4) is 0 Å². The van der Waals surface area contributed by atoms with Crippen LogP contribution in [-0.2, 0) is 11.3 Å². The average molecular weight is 426 g/mol. The van der Waals surface area contributed by atoms with Crippen LogP contribution in [0, 0.1) is 28.9 Å². The summed E-state index contributed by atoms with van der Waals surface area (Å²) in [6.07, 6.45) is 2.13. The van der Waals surface area contributed by atoms with E-state index in [9.17, 15) is 24.5 Å². The first kappa shape index (κ1) is 22.2. The van der Waals surface area contributed by atoms with Gasteiger partial charge in [-0.15, -0.1) is 0 Å². The number of hydrogen-bond donors (Lipinski definition) is 1. The number of benzene rings is 1. The summed E-state index contributed by atoms with van der Waals surface area (Å²) in [5.74, 6) is 0.274. The minimum Gasteiger partial charge on any atom is -0.338 e. The maximum atomic E-state index is 13.0. The van der Waals surface area contributed by atoms with Gasteiger partial charge in [0.25, 0.3) is 17.2 Å². The fourth-order valence-electron chi connectivity index (χ4n) is 4.00. The lowest BCUT2D eigenvalue weighted by Gasteiger charge is -2.35. The number of nitro groups is 1. The van der Waals surface area contributed by atoms with Crippen molar-refractivity contribution in [1.29, 1.82) is 0 Å². The Morgan fingerprint density at radius 3 is 2.48 bits per heavy atom. The van der Waals surface area contributed by atoms with Gasteiger partial charge in [0.15, 0.2) is 0 Å². The predicted octanol–water partition coefficient (Wildman–Crippen LogP) is 2.82. The average Bonchev–Trinajstić information content (AvgIpc) is 2.69. The molecule has 2 amide bonds. The van der Waals surface area contributed by atoms with Gasteiger partial charge in [-0.05, 0) is 42.9 Å². The Morgan fingerprint density at radius 2 is 1.84 bits per heavy atom. The van der Waals surface area contributed by atoms with Crippen LogP contribution in [0.15, 0.2) is 41.3 Å². The van der Waals surface area contributed by atoms with Crippen molar-refractivity contribution in [3.05, 3.63) is 68.1 Å². The second-order valence-corrected chi connectivity index (χ2v) is 8.34. The molecular formula is C22H26N4O5. The maximum absolute atomic E-state index is 13.0. The topological polar surface area (TPSA) is 115 Å². The first-order valence-corrected chi connectivity index (χ1v) is 10.2. The van der Waals surface area contributed by atoms with E-state index in [0.717, 1.165) is 34.9 Å². The highest BCUT2D eigenvalue weighted by Crippen LogP contribution is 2.24. The van der Waals surface area contributed by atoms with Gasteiger partial charge in [0.05, 0.1) is 11.1 Å². The van der Waals surface area contributed by atoms with E-state index in [-0.39, 0.29) is 18.1 Å². The van der Waals surface area contributed by atoms with Gasteiger partial charge in [0.1, 0.15) is 6.54 Å². The third-order valence-corrected chi connectivity index (χ3v) is 5.41. The molecule has 2 atom stereocenters. The molecule has 1 aromatic carbocycles. The van der Waals surface area contributed by atoms with Crippen molar-refractivity contribution in [2.24, 2.45) is 11.8 Å². The number of likely N-dealkylation sites (tertiary alicyclic amines) is 1. The van der Waals surface area contributed by atoms with Gasteiger partial charge in [-0.3, -0.25) is 29.1 Å². The molecule has 1 fully saturated rings. The number of rotatable bonds is 5. The molecule has 164 valence electrons. The van der Waals surface area contributed by atoms with E-state index in [4.69, 9.17) is 0 Å².